The first-order valence-corrected chi connectivity index (χ1v) is 9.27. The lowest BCUT2D eigenvalue weighted by Gasteiger charge is -2.36. The molecule has 0 radical (unpaired) electrons. The highest BCUT2D eigenvalue weighted by Gasteiger charge is 2.23. The SMILES string of the molecule is CCC(C)(C)c1ccc(C[C@@H](C)CN2C[C@@H](C)O[C@@H](C)C2)cc1.Cl. The minimum atomic E-state index is 0. The molecule has 1 aromatic carbocycles. The summed E-state index contributed by atoms with van der Waals surface area (Å²) in [5.74, 6) is 0.678. The van der Waals surface area contributed by atoms with E-state index in [1.54, 1.807) is 0 Å². The van der Waals surface area contributed by atoms with Crippen molar-refractivity contribution < 1.29 is 4.74 Å². The molecule has 3 heteroatoms. The largest absolute Gasteiger partial charge is 0.373 e. The van der Waals surface area contributed by atoms with Gasteiger partial charge in [-0.2, -0.15) is 0 Å². The van der Waals surface area contributed by atoms with E-state index in [-0.39, 0.29) is 17.8 Å². The highest BCUT2D eigenvalue weighted by Crippen LogP contribution is 2.27. The van der Waals surface area contributed by atoms with Gasteiger partial charge in [0.2, 0.25) is 0 Å². The van der Waals surface area contributed by atoms with Crippen molar-refractivity contribution in [3.63, 3.8) is 0 Å². The maximum absolute atomic E-state index is 5.83. The van der Waals surface area contributed by atoms with Gasteiger partial charge < -0.3 is 4.74 Å². The zero-order valence-electron chi connectivity index (χ0n) is 16.3. The lowest BCUT2D eigenvalue weighted by Crippen LogP contribution is -2.47. The average Bonchev–Trinajstić information content (AvgIpc) is 2.46. The first kappa shape index (κ1) is 21.5. The highest BCUT2D eigenvalue weighted by molar-refractivity contribution is 5.85. The van der Waals surface area contributed by atoms with Gasteiger partial charge in [0.15, 0.2) is 0 Å². The van der Waals surface area contributed by atoms with E-state index in [2.05, 4.69) is 70.7 Å². The third kappa shape index (κ3) is 6.06. The second kappa shape index (κ2) is 9.22. The molecule has 1 aliphatic heterocycles. The van der Waals surface area contributed by atoms with E-state index >= 15 is 0 Å². The maximum atomic E-state index is 5.83. The molecule has 0 bridgehead atoms. The van der Waals surface area contributed by atoms with Crippen molar-refractivity contribution in [2.24, 2.45) is 5.92 Å². The van der Waals surface area contributed by atoms with Crippen LogP contribution in [0.25, 0.3) is 0 Å². The van der Waals surface area contributed by atoms with E-state index < -0.39 is 0 Å². The molecule has 2 rings (SSSR count). The van der Waals surface area contributed by atoms with Crippen molar-refractivity contribution in [3.8, 4) is 0 Å². The number of hydrogen-bond acceptors (Lipinski definition) is 2. The van der Waals surface area contributed by atoms with E-state index in [0.29, 0.717) is 18.1 Å². The number of nitrogens with zero attached hydrogens (tertiary/aromatic N) is 1. The van der Waals surface area contributed by atoms with Gasteiger partial charge in [-0.25, -0.2) is 0 Å². The summed E-state index contributed by atoms with van der Waals surface area (Å²) in [5, 5.41) is 0. The van der Waals surface area contributed by atoms with Crippen molar-refractivity contribution in [2.75, 3.05) is 19.6 Å². The molecule has 3 atom stereocenters. The van der Waals surface area contributed by atoms with Crippen LogP contribution in [0.5, 0.6) is 0 Å². The molecule has 0 aromatic heterocycles. The smallest absolute Gasteiger partial charge is 0.0678 e. The topological polar surface area (TPSA) is 12.5 Å². The highest BCUT2D eigenvalue weighted by atomic mass is 35.5. The zero-order chi connectivity index (χ0) is 17.0. The lowest BCUT2D eigenvalue weighted by atomic mass is 9.82. The van der Waals surface area contributed by atoms with Gasteiger partial charge in [-0.15, -0.1) is 12.4 Å². The summed E-state index contributed by atoms with van der Waals surface area (Å²) in [5.41, 5.74) is 3.19. The molecule has 1 aliphatic rings. The van der Waals surface area contributed by atoms with Gasteiger partial charge in [-0.1, -0.05) is 52.0 Å². The van der Waals surface area contributed by atoms with Crippen LogP contribution >= 0.6 is 12.4 Å². The second-order valence-corrected chi connectivity index (χ2v) is 8.22. The van der Waals surface area contributed by atoms with Gasteiger partial charge in [-0.3, -0.25) is 4.90 Å². The molecule has 1 aromatic rings. The summed E-state index contributed by atoms with van der Waals surface area (Å²) in [7, 11) is 0. The maximum Gasteiger partial charge on any atom is 0.0678 e. The normalized spacial score (nSPS) is 23.6. The van der Waals surface area contributed by atoms with Crippen molar-refractivity contribution in [1.29, 1.82) is 0 Å². The molecule has 0 saturated carbocycles. The summed E-state index contributed by atoms with van der Waals surface area (Å²) in [6.45, 7) is 17.0. The van der Waals surface area contributed by atoms with Crippen LogP contribution in [0.4, 0.5) is 0 Å². The molecular formula is C21H36ClNO. The van der Waals surface area contributed by atoms with Crippen molar-refractivity contribution in [2.45, 2.75) is 72.0 Å². The monoisotopic (exact) mass is 353 g/mol. The van der Waals surface area contributed by atoms with Crippen LogP contribution in [-0.2, 0) is 16.6 Å². The Labute approximate surface area is 155 Å². The molecule has 0 spiro atoms. The Morgan fingerprint density at radius 2 is 1.67 bits per heavy atom. The molecule has 0 aliphatic carbocycles. The molecular weight excluding hydrogens is 318 g/mol. The third-order valence-corrected chi connectivity index (χ3v) is 5.27. The number of hydrogen-bond donors (Lipinski definition) is 0. The van der Waals surface area contributed by atoms with Gasteiger partial charge in [0.05, 0.1) is 12.2 Å². The number of halogens is 1. The lowest BCUT2D eigenvalue weighted by molar-refractivity contribution is -0.0708. The Bertz CT molecular complexity index is 475. The van der Waals surface area contributed by atoms with Crippen molar-refractivity contribution >= 4 is 12.4 Å². The fourth-order valence-electron chi connectivity index (χ4n) is 3.64. The van der Waals surface area contributed by atoms with Crippen LogP contribution in [0.1, 0.15) is 59.1 Å². The molecule has 2 nitrogen and oxygen atoms in total. The summed E-state index contributed by atoms with van der Waals surface area (Å²) >= 11 is 0. The number of rotatable bonds is 6. The third-order valence-electron chi connectivity index (χ3n) is 5.27. The van der Waals surface area contributed by atoms with E-state index in [1.165, 1.54) is 24.1 Å². The van der Waals surface area contributed by atoms with Crippen LogP contribution in [0.15, 0.2) is 24.3 Å². The van der Waals surface area contributed by atoms with Crippen molar-refractivity contribution in [3.05, 3.63) is 35.4 Å². The summed E-state index contributed by atoms with van der Waals surface area (Å²) < 4.78 is 5.83. The Morgan fingerprint density at radius 3 is 2.17 bits per heavy atom. The molecule has 1 fully saturated rings. The minimum Gasteiger partial charge on any atom is -0.373 e. The summed E-state index contributed by atoms with van der Waals surface area (Å²) in [6, 6.07) is 9.30. The molecule has 0 unspecified atom stereocenters. The van der Waals surface area contributed by atoms with Gasteiger partial charge in [0, 0.05) is 19.6 Å². The number of benzene rings is 1. The Morgan fingerprint density at radius 1 is 1.12 bits per heavy atom. The average molecular weight is 354 g/mol. The Balaban J connectivity index is 0.00000288. The molecule has 1 heterocycles. The zero-order valence-corrected chi connectivity index (χ0v) is 17.2. The predicted octanol–water partition coefficient (Wildman–Crippen LogP) is 5.08. The number of morpholine rings is 1. The standard InChI is InChI=1S/C21H35NO.ClH/c1-7-21(5,6)20-10-8-19(9-11-20)12-16(2)13-22-14-17(3)23-18(4)15-22;/h8-11,16-18H,7,12-15H2,1-6H3;1H/t16-,17-,18+;/m1./s1. The van der Waals surface area contributed by atoms with E-state index in [9.17, 15) is 0 Å². The van der Waals surface area contributed by atoms with Crippen LogP contribution in [-0.4, -0.2) is 36.7 Å². The van der Waals surface area contributed by atoms with Gasteiger partial charge >= 0.3 is 0 Å². The van der Waals surface area contributed by atoms with Gasteiger partial charge in [-0.05, 0) is 49.1 Å². The minimum absolute atomic E-state index is 0. The van der Waals surface area contributed by atoms with Gasteiger partial charge in [0.1, 0.15) is 0 Å². The fourth-order valence-corrected chi connectivity index (χ4v) is 3.64. The molecule has 24 heavy (non-hydrogen) atoms. The Hall–Kier alpha value is -0.570. The molecule has 0 N–H and O–H groups in total. The predicted molar refractivity (Wildman–Crippen MR) is 106 cm³/mol. The van der Waals surface area contributed by atoms with E-state index in [4.69, 9.17) is 4.74 Å². The van der Waals surface area contributed by atoms with Crippen molar-refractivity contribution in [1.82, 2.24) is 4.90 Å². The quantitative estimate of drug-likeness (QED) is 0.706. The second-order valence-electron chi connectivity index (χ2n) is 8.22. The fraction of sp³-hybridized carbons (Fsp3) is 0.714. The van der Waals surface area contributed by atoms with Crippen LogP contribution in [0, 0.1) is 5.92 Å². The molecule has 0 amide bonds. The van der Waals surface area contributed by atoms with E-state index in [1.807, 2.05) is 0 Å². The summed E-state index contributed by atoms with van der Waals surface area (Å²) in [6.07, 6.45) is 3.06. The van der Waals surface area contributed by atoms with E-state index in [0.717, 1.165) is 19.5 Å². The molecule has 138 valence electrons. The number of ether oxygens (including phenoxy) is 1. The van der Waals surface area contributed by atoms with Gasteiger partial charge in [0.25, 0.3) is 0 Å². The van der Waals surface area contributed by atoms with Crippen LogP contribution in [0.3, 0.4) is 0 Å². The first-order chi connectivity index (χ1) is 10.8. The Kier molecular flexibility index (Phi) is 8.25. The first-order valence-electron chi connectivity index (χ1n) is 9.27. The van der Waals surface area contributed by atoms with Crippen LogP contribution < -0.4 is 0 Å². The summed E-state index contributed by atoms with van der Waals surface area (Å²) in [4.78, 5) is 2.57. The molecule has 1 saturated heterocycles. The van der Waals surface area contributed by atoms with Crippen LogP contribution in [0.2, 0.25) is 0 Å².